The Morgan fingerprint density at radius 3 is 2.96 bits per heavy atom. The summed E-state index contributed by atoms with van der Waals surface area (Å²) in [4.78, 5) is 8.19. The van der Waals surface area contributed by atoms with E-state index in [-0.39, 0.29) is 29.8 Å². The maximum absolute atomic E-state index is 13.6. The number of guanidine groups is 1. The largest absolute Gasteiger partial charge is 0.381 e. The Morgan fingerprint density at radius 1 is 1.44 bits per heavy atom. The first-order chi connectivity index (χ1) is 11.7. The molecule has 2 saturated heterocycles. The quantitative estimate of drug-likeness (QED) is 0.309. The molecule has 1 spiro atoms. The zero-order valence-electron chi connectivity index (χ0n) is 14.9. The molecule has 4 nitrogen and oxygen atoms in total. The maximum atomic E-state index is 13.6. The van der Waals surface area contributed by atoms with Crippen molar-refractivity contribution in [2.45, 2.75) is 31.2 Å². The molecule has 0 aromatic heterocycles. The van der Waals surface area contributed by atoms with Crippen molar-refractivity contribution >= 4 is 41.7 Å². The van der Waals surface area contributed by atoms with Gasteiger partial charge in [-0.3, -0.25) is 0 Å². The highest BCUT2D eigenvalue weighted by Crippen LogP contribution is 2.38. The van der Waals surface area contributed by atoms with Gasteiger partial charge in [0.2, 0.25) is 0 Å². The molecule has 0 amide bonds. The van der Waals surface area contributed by atoms with Crippen molar-refractivity contribution in [2.75, 3.05) is 39.1 Å². The fourth-order valence-electron chi connectivity index (χ4n) is 3.54. The molecule has 1 aromatic rings. The summed E-state index contributed by atoms with van der Waals surface area (Å²) in [5.74, 6) is 0.726. The van der Waals surface area contributed by atoms with Gasteiger partial charge in [0.15, 0.2) is 5.96 Å². The van der Waals surface area contributed by atoms with Gasteiger partial charge in [-0.2, -0.15) is 0 Å². The number of benzene rings is 1. The van der Waals surface area contributed by atoms with E-state index in [9.17, 15) is 4.39 Å². The summed E-state index contributed by atoms with van der Waals surface area (Å²) in [6, 6.07) is 4.93. The predicted octanol–water partition coefficient (Wildman–Crippen LogP) is 3.74. The molecule has 0 aliphatic carbocycles. The Morgan fingerprint density at radius 2 is 2.28 bits per heavy atom. The molecule has 1 aromatic carbocycles. The summed E-state index contributed by atoms with van der Waals surface area (Å²) >= 11 is 1.63. The Kier molecular flexibility index (Phi) is 7.82. The van der Waals surface area contributed by atoms with Crippen molar-refractivity contribution in [1.29, 1.82) is 0 Å². The predicted molar refractivity (Wildman–Crippen MR) is 112 cm³/mol. The summed E-state index contributed by atoms with van der Waals surface area (Å²) in [7, 11) is 0. The number of likely N-dealkylation sites (tertiary alicyclic amines) is 1. The molecular weight excluding hydrogens is 452 g/mol. The second kappa shape index (κ2) is 9.41. The lowest BCUT2D eigenvalue weighted by atomic mass is 9.87. The van der Waals surface area contributed by atoms with Crippen molar-refractivity contribution < 1.29 is 9.13 Å². The summed E-state index contributed by atoms with van der Waals surface area (Å²) in [6.07, 6.45) is 4.31. The normalized spacial score (nSPS) is 23.2. The second-order valence-corrected chi connectivity index (χ2v) is 7.45. The summed E-state index contributed by atoms with van der Waals surface area (Å²) in [5, 5.41) is 3.39. The van der Waals surface area contributed by atoms with E-state index in [0.29, 0.717) is 12.0 Å². The SMILES string of the molecule is CCNC(=NCc1cc(F)ccc1SC)N1CCC2(CCOC2)C1.I. The minimum absolute atomic E-state index is 0. The molecule has 1 unspecified atom stereocenters. The zero-order valence-corrected chi connectivity index (χ0v) is 18.0. The average molecular weight is 479 g/mol. The summed E-state index contributed by atoms with van der Waals surface area (Å²) < 4.78 is 19.2. The minimum Gasteiger partial charge on any atom is -0.381 e. The molecule has 2 heterocycles. The van der Waals surface area contributed by atoms with Gasteiger partial charge in [0, 0.05) is 36.6 Å². The lowest BCUT2D eigenvalue weighted by Gasteiger charge is -2.25. The van der Waals surface area contributed by atoms with Crippen LogP contribution >= 0.6 is 35.7 Å². The van der Waals surface area contributed by atoms with Crippen molar-refractivity contribution in [1.82, 2.24) is 10.2 Å². The van der Waals surface area contributed by atoms with Gasteiger partial charge in [0.05, 0.1) is 13.2 Å². The molecule has 3 rings (SSSR count). The molecule has 2 aliphatic rings. The third-order valence-corrected chi connectivity index (χ3v) is 5.74. The van der Waals surface area contributed by atoms with Gasteiger partial charge in [-0.15, -0.1) is 35.7 Å². The molecule has 1 atom stereocenters. The number of ether oxygens (including phenoxy) is 1. The highest BCUT2D eigenvalue weighted by atomic mass is 127. The number of rotatable bonds is 4. The van der Waals surface area contributed by atoms with Gasteiger partial charge in [-0.25, -0.2) is 9.38 Å². The van der Waals surface area contributed by atoms with E-state index in [4.69, 9.17) is 9.73 Å². The lowest BCUT2D eigenvalue weighted by molar-refractivity contribution is 0.156. The van der Waals surface area contributed by atoms with Crippen molar-refractivity contribution in [3.63, 3.8) is 0 Å². The molecule has 25 heavy (non-hydrogen) atoms. The maximum Gasteiger partial charge on any atom is 0.194 e. The third-order valence-electron chi connectivity index (χ3n) is 4.90. The number of nitrogens with one attached hydrogen (secondary N) is 1. The van der Waals surface area contributed by atoms with Crippen LogP contribution in [0.1, 0.15) is 25.3 Å². The van der Waals surface area contributed by atoms with Gasteiger partial charge in [-0.1, -0.05) is 0 Å². The summed E-state index contributed by atoms with van der Waals surface area (Å²) in [6.45, 7) is 7.15. The fraction of sp³-hybridized carbons (Fsp3) is 0.611. The van der Waals surface area contributed by atoms with E-state index >= 15 is 0 Å². The number of hydrogen-bond acceptors (Lipinski definition) is 3. The molecule has 140 valence electrons. The molecular formula is C18H27FIN3OS. The van der Waals surface area contributed by atoms with E-state index in [1.54, 1.807) is 17.8 Å². The van der Waals surface area contributed by atoms with Crippen LogP contribution in [-0.2, 0) is 11.3 Å². The molecule has 0 saturated carbocycles. The Hall–Kier alpha value is -0.540. The smallest absolute Gasteiger partial charge is 0.194 e. The number of thioether (sulfide) groups is 1. The fourth-order valence-corrected chi connectivity index (χ4v) is 4.13. The molecule has 1 N–H and O–H groups in total. The number of nitrogens with zero attached hydrogens (tertiary/aromatic N) is 2. The zero-order chi connectivity index (χ0) is 17.0. The van der Waals surface area contributed by atoms with Crippen molar-refractivity contribution in [3.05, 3.63) is 29.6 Å². The van der Waals surface area contributed by atoms with E-state index in [0.717, 1.165) is 62.1 Å². The van der Waals surface area contributed by atoms with Crippen LogP contribution in [-0.4, -0.2) is 50.0 Å². The summed E-state index contributed by atoms with van der Waals surface area (Å²) in [5.41, 5.74) is 1.25. The van der Waals surface area contributed by atoms with E-state index in [1.807, 2.05) is 12.3 Å². The Bertz CT molecular complexity index is 608. The van der Waals surface area contributed by atoms with Gasteiger partial charge in [-0.05, 0) is 49.8 Å². The second-order valence-electron chi connectivity index (χ2n) is 6.60. The van der Waals surface area contributed by atoms with Gasteiger partial charge in [0.1, 0.15) is 5.82 Å². The topological polar surface area (TPSA) is 36.9 Å². The van der Waals surface area contributed by atoms with Crippen LogP contribution in [0, 0.1) is 11.2 Å². The van der Waals surface area contributed by atoms with Gasteiger partial charge >= 0.3 is 0 Å². The first-order valence-corrected chi connectivity index (χ1v) is 9.82. The van der Waals surface area contributed by atoms with Crippen LogP contribution < -0.4 is 5.32 Å². The van der Waals surface area contributed by atoms with Crippen LogP contribution in [0.15, 0.2) is 28.1 Å². The molecule has 7 heteroatoms. The van der Waals surface area contributed by atoms with Crippen molar-refractivity contribution in [2.24, 2.45) is 10.4 Å². The lowest BCUT2D eigenvalue weighted by Crippen LogP contribution is -2.41. The number of halogens is 2. The monoisotopic (exact) mass is 479 g/mol. The van der Waals surface area contributed by atoms with Crippen LogP contribution in [0.2, 0.25) is 0 Å². The molecule has 2 aliphatic heterocycles. The molecule has 0 radical (unpaired) electrons. The van der Waals surface area contributed by atoms with Crippen LogP contribution in [0.5, 0.6) is 0 Å². The Balaban J connectivity index is 0.00000225. The van der Waals surface area contributed by atoms with Crippen LogP contribution in [0.4, 0.5) is 4.39 Å². The van der Waals surface area contributed by atoms with Gasteiger partial charge in [0.25, 0.3) is 0 Å². The number of aliphatic imine (C=N–C) groups is 1. The minimum atomic E-state index is -0.203. The van der Waals surface area contributed by atoms with E-state index < -0.39 is 0 Å². The first-order valence-electron chi connectivity index (χ1n) is 8.59. The molecule has 0 bridgehead atoms. The number of hydrogen-bond donors (Lipinski definition) is 1. The van der Waals surface area contributed by atoms with Crippen molar-refractivity contribution in [3.8, 4) is 0 Å². The highest BCUT2D eigenvalue weighted by Gasteiger charge is 2.42. The standard InChI is InChI=1S/C18H26FN3OS.HI/c1-3-20-17(22-8-6-18(12-22)7-9-23-13-18)21-11-14-10-15(19)4-5-16(14)24-2;/h4-5,10H,3,6-9,11-13H2,1-2H3,(H,20,21);1H. The van der Waals surface area contributed by atoms with Gasteiger partial charge < -0.3 is 15.0 Å². The van der Waals surface area contributed by atoms with Crippen LogP contribution in [0.3, 0.4) is 0 Å². The molecule has 2 fully saturated rings. The van der Waals surface area contributed by atoms with Crippen LogP contribution in [0.25, 0.3) is 0 Å². The first kappa shape index (κ1) is 20.8. The van der Waals surface area contributed by atoms with E-state index in [1.165, 1.54) is 6.07 Å². The average Bonchev–Trinajstić information content (AvgIpc) is 3.22. The van der Waals surface area contributed by atoms with E-state index in [2.05, 4.69) is 17.1 Å². The highest BCUT2D eigenvalue weighted by molar-refractivity contribution is 14.0. The third kappa shape index (κ3) is 5.01. The Labute approximate surface area is 171 Å².